The molecule has 2 aromatic rings. The van der Waals surface area contributed by atoms with Crippen LogP contribution in [0.25, 0.3) is 0 Å². The van der Waals surface area contributed by atoms with E-state index in [1.165, 1.54) is 0 Å². The minimum absolute atomic E-state index is 0.000826. The van der Waals surface area contributed by atoms with E-state index in [1.807, 2.05) is 30.3 Å². The van der Waals surface area contributed by atoms with Gasteiger partial charge in [0.25, 0.3) is 11.8 Å². The molecule has 0 radical (unpaired) electrons. The van der Waals surface area contributed by atoms with E-state index in [-0.39, 0.29) is 24.3 Å². The number of methoxy groups -OCH3 is 1. The Labute approximate surface area is 210 Å². The first-order chi connectivity index (χ1) is 17.0. The molecule has 2 saturated heterocycles. The molecule has 0 aromatic heterocycles. The highest BCUT2D eigenvalue weighted by Gasteiger charge is 2.54. The SMILES string of the molecule is COCCCNC(=O)CN1CN(c2ccccc2)C2(CCN(C(=O)c3ccccc3Cl)CC2)C1=O. The Hall–Kier alpha value is -3.10. The zero-order valence-corrected chi connectivity index (χ0v) is 20.7. The van der Waals surface area contributed by atoms with Gasteiger partial charge in [-0.1, -0.05) is 41.9 Å². The van der Waals surface area contributed by atoms with Gasteiger partial charge in [0.15, 0.2) is 0 Å². The molecular weight excluding hydrogens is 468 g/mol. The van der Waals surface area contributed by atoms with Gasteiger partial charge in [-0.05, 0) is 43.5 Å². The second-order valence-electron chi connectivity index (χ2n) is 8.91. The fourth-order valence-corrected chi connectivity index (χ4v) is 5.10. The second-order valence-corrected chi connectivity index (χ2v) is 9.32. The molecule has 35 heavy (non-hydrogen) atoms. The molecule has 0 saturated carbocycles. The molecule has 4 rings (SSSR count). The summed E-state index contributed by atoms with van der Waals surface area (Å²) in [7, 11) is 1.62. The average molecular weight is 499 g/mol. The number of ether oxygens (including phenoxy) is 1. The first-order valence-corrected chi connectivity index (χ1v) is 12.3. The van der Waals surface area contributed by atoms with Crippen LogP contribution in [-0.4, -0.2) is 79.6 Å². The lowest BCUT2D eigenvalue weighted by molar-refractivity contribution is -0.137. The largest absolute Gasteiger partial charge is 0.385 e. The summed E-state index contributed by atoms with van der Waals surface area (Å²) in [6.45, 7) is 2.25. The molecule has 186 valence electrons. The van der Waals surface area contributed by atoms with E-state index in [0.717, 1.165) is 5.69 Å². The van der Waals surface area contributed by atoms with E-state index in [1.54, 1.807) is 41.2 Å². The molecule has 0 atom stereocenters. The zero-order valence-electron chi connectivity index (χ0n) is 19.9. The van der Waals surface area contributed by atoms with Crippen LogP contribution < -0.4 is 10.2 Å². The van der Waals surface area contributed by atoms with Gasteiger partial charge in [0.2, 0.25) is 5.91 Å². The van der Waals surface area contributed by atoms with Crippen LogP contribution in [0.4, 0.5) is 5.69 Å². The molecule has 0 unspecified atom stereocenters. The summed E-state index contributed by atoms with van der Waals surface area (Å²) in [5.41, 5.74) is 0.596. The molecule has 0 bridgehead atoms. The standard InChI is InChI=1S/C26H31ClN4O4/c1-35-17-7-14-28-23(32)18-30-19-31(20-8-3-2-4-9-20)26(25(30)34)12-15-29(16-13-26)24(33)21-10-5-6-11-22(21)27/h2-6,8-11H,7,12-19H2,1H3,(H,28,32). The van der Waals surface area contributed by atoms with E-state index >= 15 is 0 Å². The lowest BCUT2D eigenvalue weighted by Crippen LogP contribution is -2.57. The molecule has 2 aromatic carbocycles. The van der Waals surface area contributed by atoms with E-state index in [2.05, 4.69) is 10.2 Å². The average Bonchev–Trinajstić information content (AvgIpc) is 3.13. The van der Waals surface area contributed by atoms with Crippen molar-refractivity contribution in [2.75, 3.05) is 51.5 Å². The number of amides is 3. The number of anilines is 1. The molecule has 1 spiro atoms. The molecule has 2 aliphatic rings. The molecule has 1 N–H and O–H groups in total. The number of carbonyl (C=O) groups is 3. The van der Waals surface area contributed by atoms with Gasteiger partial charge in [0.05, 0.1) is 17.3 Å². The highest BCUT2D eigenvalue weighted by atomic mass is 35.5. The van der Waals surface area contributed by atoms with Crippen LogP contribution in [0.3, 0.4) is 0 Å². The van der Waals surface area contributed by atoms with E-state index in [0.29, 0.717) is 62.8 Å². The Morgan fingerprint density at radius 3 is 2.43 bits per heavy atom. The van der Waals surface area contributed by atoms with E-state index < -0.39 is 5.54 Å². The third-order valence-corrected chi connectivity index (χ3v) is 7.08. The van der Waals surface area contributed by atoms with Crippen LogP contribution in [0.5, 0.6) is 0 Å². The summed E-state index contributed by atoms with van der Waals surface area (Å²) in [5, 5.41) is 3.28. The molecule has 0 aliphatic carbocycles. The Bertz CT molecular complexity index is 1060. The number of likely N-dealkylation sites (tertiary alicyclic amines) is 1. The monoisotopic (exact) mass is 498 g/mol. The lowest BCUT2D eigenvalue weighted by Gasteiger charge is -2.43. The molecule has 2 fully saturated rings. The zero-order chi connectivity index (χ0) is 24.8. The van der Waals surface area contributed by atoms with Crippen molar-refractivity contribution >= 4 is 35.0 Å². The number of nitrogens with zero attached hydrogens (tertiary/aromatic N) is 3. The number of para-hydroxylation sites is 1. The van der Waals surface area contributed by atoms with Crippen molar-refractivity contribution in [3.05, 3.63) is 65.2 Å². The van der Waals surface area contributed by atoms with Gasteiger partial charge in [-0.15, -0.1) is 0 Å². The number of benzene rings is 2. The highest BCUT2D eigenvalue weighted by molar-refractivity contribution is 6.33. The summed E-state index contributed by atoms with van der Waals surface area (Å²) < 4.78 is 5.01. The van der Waals surface area contributed by atoms with Crippen LogP contribution in [0.15, 0.2) is 54.6 Å². The topological polar surface area (TPSA) is 82.2 Å². The summed E-state index contributed by atoms with van der Waals surface area (Å²) in [6.07, 6.45) is 1.66. The Morgan fingerprint density at radius 1 is 1.06 bits per heavy atom. The number of rotatable bonds is 8. The van der Waals surface area contributed by atoms with Gasteiger partial charge in [-0.25, -0.2) is 0 Å². The number of hydrogen-bond acceptors (Lipinski definition) is 5. The molecule has 2 aliphatic heterocycles. The van der Waals surface area contributed by atoms with Crippen LogP contribution >= 0.6 is 11.6 Å². The summed E-state index contributed by atoms with van der Waals surface area (Å²) in [6, 6.07) is 16.8. The predicted octanol–water partition coefficient (Wildman–Crippen LogP) is 2.77. The normalized spacial score (nSPS) is 17.2. The number of halogens is 1. The van der Waals surface area contributed by atoms with Crippen molar-refractivity contribution in [1.29, 1.82) is 0 Å². The van der Waals surface area contributed by atoms with Gasteiger partial charge in [-0.3, -0.25) is 14.4 Å². The van der Waals surface area contributed by atoms with Crippen molar-refractivity contribution in [3.8, 4) is 0 Å². The third-order valence-electron chi connectivity index (χ3n) is 6.75. The molecule has 9 heteroatoms. The van der Waals surface area contributed by atoms with Crippen LogP contribution in [-0.2, 0) is 14.3 Å². The fourth-order valence-electron chi connectivity index (χ4n) is 4.88. The van der Waals surface area contributed by atoms with Gasteiger partial charge in [-0.2, -0.15) is 0 Å². The van der Waals surface area contributed by atoms with Gasteiger partial charge in [0, 0.05) is 39.0 Å². The minimum Gasteiger partial charge on any atom is -0.385 e. The van der Waals surface area contributed by atoms with Crippen molar-refractivity contribution in [1.82, 2.24) is 15.1 Å². The van der Waals surface area contributed by atoms with Crippen LogP contribution in [0.1, 0.15) is 29.6 Å². The second kappa shape index (κ2) is 11.1. The van der Waals surface area contributed by atoms with Gasteiger partial charge >= 0.3 is 0 Å². The quantitative estimate of drug-likeness (QED) is 0.566. The first-order valence-electron chi connectivity index (χ1n) is 11.9. The fraction of sp³-hybridized carbons (Fsp3) is 0.423. The summed E-state index contributed by atoms with van der Waals surface area (Å²) in [4.78, 5) is 44.8. The maximum atomic E-state index is 13.7. The van der Waals surface area contributed by atoms with E-state index in [4.69, 9.17) is 16.3 Å². The number of hydrogen-bond donors (Lipinski definition) is 1. The van der Waals surface area contributed by atoms with Crippen LogP contribution in [0, 0.1) is 0 Å². The predicted molar refractivity (Wildman–Crippen MR) is 134 cm³/mol. The third kappa shape index (κ3) is 5.28. The number of carbonyl (C=O) groups excluding carboxylic acids is 3. The van der Waals surface area contributed by atoms with Crippen molar-refractivity contribution < 1.29 is 19.1 Å². The first kappa shape index (κ1) is 25.0. The molecule has 3 amide bonds. The molecular formula is C26H31ClN4O4. The minimum atomic E-state index is -0.797. The number of nitrogens with one attached hydrogen (secondary N) is 1. The van der Waals surface area contributed by atoms with Crippen molar-refractivity contribution in [2.45, 2.75) is 24.8 Å². The molecule has 8 nitrogen and oxygen atoms in total. The van der Waals surface area contributed by atoms with Crippen LogP contribution in [0.2, 0.25) is 5.02 Å². The van der Waals surface area contributed by atoms with Gasteiger partial charge in [0.1, 0.15) is 12.1 Å². The Balaban J connectivity index is 1.49. The maximum absolute atomic E-state index is 13.7. The Morgan fingerprint density at radius 2 is 1.74 bits per heavy atom. The molecule has 2 heterocycles. The highest BCUT2D eigenvalue weighted by Crippen LogP contribution is 2.39. The Kier molecular flexibility index (Phi) is 7.93. The maximum Gasteiger partial charge on any atom is 0.255 e. The van der Waals surface area contributed by atoms with Crippen molar-refractivity contribution in [2.24, 2.45) is 0 Å². The van der Waals surface area contributed by atoms with Crippen molar-refractivity contribution in [3.63, 3.8) is 0 Å². The van der Waals surface area contributed by atoms with E-state index in [9.17, 15) is 14.4 Å². The van der Waals surface area contributed by atoms with Gasteiger partial charge < -0.3 is 24.8 Å². The number of piperidine rings is 1. The smallest absolute Gasteiger partial charge is 0.255 e. The lowest BCUT2D eigenvalue weighted by atomic mass is 9.85. The summed E-state index contributed by atoms with van der Waals surface area (Å²) in [5.74, 6) is -0.390. The summed E-state index contributed by atoms with van der Waals surface area (Å²) >= 11 is 6.25.